The summed E-state index contributed by atoms with van der Waals surface area (Å²) in [7, 11) is 1.52. The Balaban J connectivity index is 1.38. The fourth-order valence-electron chi connectivity index (χ4n) is 3.32. The summed E-state index contributed by atoms with van der Waals surface area (Å²) in [6.45, 7) is 6.02. The number of rotatable bonds is 10. The van der Waals surface area contributed by atoms with Gasteiger partial charge in [-0.05, 0) is 59.5 Å². The molecule has 8 heteroatoms. The Morgan fingerprint density at radius 1 is 0.730 bits per heavy atom. The standard InChI is InChI=1S/C29H32N2O6/c1-29(2,3)20-8-12-23(13-9-20)37-24-14-10-21(11-15-24)30-26(32)16-17-28(34)36-19-27(33)31-22-6-5-7-25(18-22)35-4/h5-15,18H,16-17,19H2,1-4H3,(H,30,32)(H,31,33). The van der Waals surface area contributed by atoms with Crippen LogP contribution in [0.3, 0.4) is 0 Å². The molecular formula is C29H32N2O6. The Bertz CT molecular complexity index is 1210. The molecule has 37 heavy (non-hydrogen) atoms. The molecule has 0 saturated carbocycles. The van der Waals surface area contributed by atoms with E-state index in [1.54, 1.807) is 48.5 Å². The van der Waals surface area contributed by atoms with E-state index in [1.807, 2.05) is 24.3 Å². The van der Waals surface area contributed by atoms with E-state index in [4.69, 9.17) is 14.2 Å². The lowest BCUT2D eigenvalue weighted by Crippen LogP contribution is -2.21. The van der Waals surface area contributed by atoms with Crippen molar-refractivity contribution in [1.82, 2.24) is 0 Å². The van der Waals surface area contributed by atoms with Gasteiger partial charge in [0.1, 0.15) is 17.2 Å². The number of esters is 1. The Labute approximate surface area is 216 Å². The molecule has 3 aromatic carbocycles. The molecule has 2 amide bonds. The van der Waals surface area contributed by atoms with Gasteiger partial charge in [0, 0.05) is 23.9 Å². The van der Waals surface area contributed by atoms with Gasteiger partial charge in [0.25, 0.3) is 5.91 Å². The number of nitrogens with one attached hydrogen (secondary N) is 2. The minimum Gasteiger partial charge on any atom is -0.497 e. The third-order valence-corrected chi connectivity index (χ3v) is 5.37. The predicted octanol–water partition coefficient (Wildman–Crippen LogP) is 5.69. The van der Waals surface area contributed by atoms with Crippen LogP contribution in [0, 0.1) is 0 Å². The molecule has 3 rings (SSSR count). The van der Waals surface area contributed by atoms with Crippen molar-refractivity contribution >= 4 is 29.2 Å². The molecular weight excluding hydrogens is 472 g/mol. The smallest absolute Gasteiger partial charge is 0.306 e. The Morgan fingerprint density at radius 2 is 1.35 bits per heavy atom. The van der Waals surface area contributed by atoms with Gasteiger partial charge in [-0.3, -0.25) is 14.4 Å². The number of methoxy groups -OCH3 is 1. The Morgan fingerprint density at radius 3 is 1.97 bits per heavy atom. The molecule has 0 aliphatic carbocycles. The number of amides is 2. The summed E-state index contributed by atoms with van der Waals surface area (Å²) >= 11 is 0. The van der Waals surface area contributed by atoms with Crippen LogP contribution in [0.5, 0.6) is 17.2 Å². The highest BCUT2D eigenvalue weighted by atomic mass is 16.5. The van der Waals surface area contributed by atoms with Gasteiger partial charge in [-0.25, -0.2) is 0 Å². The number of hydrogen-bond donors (Lipinski definition) is 2. The van der Waals surface area contributed by atoms with E-state index in [9.17, 15) is 14.4 Å². The van der Waals surface area contributed by atoms with Gasteiger partial charge < -0.3 is 24.8 Å². The van der Waals surface area contributed by atoms with E-state index >= 15 is 0 Å². The highest BCUT2D eigenvalue weighted by Gasteiger charge is 2.14. The van der Waals surface area contributed by atoms with E-state index in [0.717, 1.165) is 5.75 Å². The molecule has 0 atom stereocenters. The van der Waals surface area contributed by atoms with Crippen LogP contribution in [0.25, 0.3) is 0 Å². The van der Waals surface area contributed by atoms with Crippen molar-refractivity contribution in [3.63, 3.8) is 0 Å². The summed E-state index contributed by atoms with van der Waals surface area (Å²) in [6.07, 6.45) is -0.223. The van der Waals surface area contributed by atoms with Crippen LogP contribution in [0.15, 0.2) is 72.8 Å². The molecule has 0 unspecified atom stereocenters. The number of carbonyl (C=O) groups is 3. The summed E-state index contributed by atoms with van der Waals surface area (Å²) < 4.78 is 15.9. The summed E-state index contributed by atoms with van der Waals surface area (Å²) in [4.78, 5) is 36.1. The summed E-state index contributed by atoms with van der Waals surface area (Å²) in [6, 6.07) is 21.7. The van der Waals surface area contributed by atoms with Crippen LogP contribution >= 0.6 is 0 Å². The highest BCUT2D eigenvalue weighted by Crippen LogP contribution is 2.27. The normalized spacial score (nSPS) is 10.8. The van der Waals surface area contributed by atoms with Crippen LogP contribution in [0.1, 0.15) is 39.2 Å². The van der Waals surface area contributed by atoms with Gasteiger partial charge in [0.15, 0.2) is 6.61 Å². The zero-order valence-electron chi connectivity index (χ0n) is 21.5. The second kappa shape index (κ2) is 12.6. The molecule has 0 spiro atoms. The molecule has 3 aromatic rings. The zero-order valence-corrected chi connectivity index (χ0v) is 21.5. The van der Waals surface area contributed by atoms with E-state index in [1.165, 1.54) is 12.7 Å². The minimum atomic E-state index is -0.642. The first-order valence-corrected chi connectivity index (χ1v) is 11.9. The van der Waals surface area contributed by atoms with Gasteiger partial charge in [0.2, 0.25) is 5.91 Å². The fraction of sp³-hybridized carbons (Fsp3) is 0.276. The highest BCUT2D eigenvalue weighted by molar-refractivity contribution is 5.94. The average molecular weight is 505 g/mol. The summed E-state index contributed by atoms with van der Waals surface area (Å²) in [5.41, 5.74) is 2.39. The number of carbonyl (C=O) groups excluding carboxylic acids is 3. The maximum absolute atomic E-state index is 12.2. The van der Waals surface area contributed by atoms with Crippen molar-refractivity contribution in [2.24, 2.45) is 0 Å². The predicted molar refractivity (Wildman–Crippen MR) is 142 cm³/mol. The van der Waals surface area contributed by atoms with E-state index in [2.05, 4.69) is 31.4 Å². The van der Waals surface area contributed by atoms with Crippen LogP contribution in [-0.4, -0.2) is 31.5 Å². The minimum absolute atomic E-state index is 0.0707. The van der Waals surface area contributed by atoms with Gasteiger partial charge in [-0.2, -0.15) is 0 Å². The lowest BCUT2D eigenvalue weighted by atomic mass is 9.87. The lowest BCUT2D eigenvalue weighted by molar-refractivity contribution is -0.147. The van der Waals surface area contributed by atoms with Crippen molar-refractivity contribution in [2.75, 3.05) is 24.4 Å². The average Bonchev–Trinajstić information content (AvgIpc) is 2.87. The topological polar surface area (TPSA) is 103 Å². The second-order valence-electron chi connectivity index (χ2n) is 9.39. The van der Waals surface area contributed by atoms with Gasteiger partial charge in [-0.1, -0.05) is 39.0 Å². The third kappa shape index (κ3) is 9.00. The number of anilines is 2. The largest absolute Gasteiger partial charge is 0.497 e. The molecule has 2 N–H and O–H groups in total. The molecule has 0 aliphatic heterocycles. The molecule has 8 nitrogen and oxygen atoms in total. The van der Waals surface area contributed by atoms with Crippen molar-refractivity contribution < 1.29 is 28.6 Å². The first kappa shape index (κ1) is 27.3. The summed E-state index contributed by atoms with van der Waals surface area (Å²) in [5, 5.41) is 5.34. The number of ether oxygens (including phenoxy) is 3. The van der Waals surface area contributed by atoms with Gasteiger partial charge in [-0.15, -0.1) is 0 Å². The maximum Gasteiger partial charge on any atom is 0.306 e. The molecule has 0 saturated heterocycles. The van der Waals surface area contributed by atoms with E-state index in [-0.39, 0.29) is 24.2 Å². The summed E-state index contributed by atoms with van der Waals surface area (Å²) in [5.74, 6) is 0.478. The first-order chi connectivity index (χ1) is 17.6. The van der Waals surface area contributed by atoms with Crippen molar-refractivity contribution in [2.45, 2.75) is 39.0 Å². The van der Waals surface area contributed by atoms with Crippen LogP contribution < -0.4 is 20.1 Å². The molecule has 0 bridgehead atoms. The number of hydrogen-bond acceptors (Lipinski definition) is 6. The van der Waals surface area contributed by atoms with Crippen LogP contribution in [-0.2, 0) is 24.5 Å². The van der Waals surface area contributed by atoms with Crippen molar-refractivity contribution in [3.05, 3.63) is 78.4 Å². The Kier molecular flexibility index (Phi) is 9.27. The quantitative estimate of drug-likeness (QED) is 0.344. The zero-order chi connectivity index (χ0) is 26.8. The van der Waals surface area contributed by atoms with Crippen LogP contribution in [0.2, 0.25) is 0 Å². The Hall–Kier alpha value is -4.33. The molecule has 194 valence electrons. The SMILES string of the molecule is COc1cccc(NC(=O)COC(=O)CCC(=O)Nc2ccc(Oc3ccc(C(C)(C)C)cc3)cc2)c1. The molecule has 0 aliphatic rings. The third-order valence-electron chi connectivity index (χ3n) is 5.37. The molecule has 0 radical (unpaired) electrons. The van der Waals surface area contributed by atoms with Gasteiger partial charge >= 0.3 is 5.97 Å². The molecule has 0 heterocycles. The lowest BCUT2D eigenvalue weighted by Gasteiger charge is -2.19. The second-order valence-corrected chi connectivity index (χ2v) is 9.39. The number of benzene rings is 3. The van der Waals surface area contributed by atoms with Crippen molar-refractivity contribution in [3.8, 4) is 17.2 Å². The first-order valence-electron chi connectivity index (χ1n) is 11.9. The van der Waals surface area contributed by atoms with Gasteiger partial charge in [0.05, 0.1) is 13.5 Å². The fourth-order valence-corrected chi connectivity index (χ4v) is 3.32. The van der Waals surface area contributed by atoms with Crippen LogP contribution in [0.4, 0.5) is 11.4 Å². The maximum atomic E-state index is 12.2. The van der Waals surface area contributed by atoms with E-state index < -0.39 is 18.5 Å². The monoisotopic (exact) mass is 504 g/mol. The molecule has 0 aromatic heterocycles. The van der Waals surface area contributed by atoms with Crippen molar-refractivity contribution in [1.29, 1.82) is 0 Å². The molecule has 0 fully saturated rings. The van der Waals surface area contributed by atoms with E-state index in [0.29, 0.717) is 22.9 Å².